The van der Waals surface area contributed by atoms with E-state index in [4.69, 9.17) is 16.2 Å². The Morgan fingerprint density at radius 1 is 1.21 bits per heavy atom. The van der Waals surface area contributed by atoms with Crippen molar-refractivity contribution in [2.24, 2.45) is 16.9 Å². The maximum atomic E-state index is 13.2. The molecule has 0 saturated heterocycles. The van der Waals surface area contributed by atoms with Gasteiger partial charge in [0.1, 0.15) is 5.75 Å². The van der Waals surface area contributed by atoms with Crippen molar-refractivity contribution in [2.75, 3.05) is 6.61 Å². The molecule has 1 aromatic carbocycles. The second-order valence-corrected chi connectivity index (χ2v) is 8.16. The van der Waals surface area contributed by atoms with Gasteiger partial charge in [-0.05, 0) is 29.5 Å². The number of rotatable bonds is 8. The number of carbonyl (C=O) groups is 1. The summed E-state index contributed by atoms with van der Waals surface area (Å²) < 4.78 is 7.83. The van der Waals surface area contributed by atoms with Crippen LogP contribution in [0.3, 0.4) is 0 Å². The third kappa shape index (κ3) is 5.72. The van der Waals surface area contributed by atoms with E-state index < -0.39 is 5.91 Å². The Labute approximate surface area is 172 Å². The number of amides is 1. The molecule has 7 heteroatoms. The average Bonchev–Trinajstić information content (AvgIpc) is 2.57. The maximum Gasteiger partial charge on any atom is 0.258 e. The molecule has 0 fully saturated rings. The molecule has 1 amide bonds. The SMILES string of the molecule is CCCCOc1c(CN)n(CC(C)(C)C)c(=O)c2ccc(CC(N)=O)cc12.Cl. The van der Waals surface area contributed by atoms with E-state index in [9.17, 15) is 9.59 Å². The molecule has 0 unspecified atom stereocenters. The highest BCUT2D eigenvalue weighted by molar-refractivity contribution is 5.90. The number of hydrogen-bond donors (Lipinski definition) is 2. The van der Waals surface area contributed by atoms with Crippen LogP contribution in [0.15, 0.2) is 23.0 Å². The van der Waals surface area contributed by atoms with Crippen molar-refractivity contribution in [3.63, 3.8) is 0 Å². The summed E-state index contributed by atoms with van der Waals surface area (Å²) in [5.74, 6) is 0.221. The Morgan fingerprint density at radius 2 is 1.89 bits per heavy atom. The van der Waals surface area contributed by atoms with Gasteiger partial charge in [-0.1, -0.05) is 40.2 Å². The fraction of sp³-hybridized carbons (Fsp3) is 0.524. The summed E-state index contributed by atoms with van der Waals surface area (Å²) in [5, 5.41) is 1.26. The van der Waals surface area contributed by atoms with E-state index in [1.165, 1.54) is 0 Å². The van der Waals surface area contributed by atoms with Gasteiger partial charge in [0.2, 0.25) is 5.91 Å². The zero-order chi connectivity index (χ0) is 20.2. The molecule has 0 saturated carbocycles. The number of primary amides is 1. The number of benzene rings is 1. The normalized spacial score (nSPS) is 11.3. The van der Waals surface area contributed by atoms with E-state index in [0.717, 1.165) is 18.4 Å². The molecular weight excluding hydrogens is 378 g/mol. The van der Waals surface area contributed by atoms with Crippen molar-refractivity contribution in [3.8, 4) is 5.75 Å². The van der Waals surface area contributed by atoms with E-state index in [1.807, 2.05) is 6.07 Å². The number of halogens is 1. The lowest BCUT2D eigenvalue weighted by Gasteiger charge is -2.25. The molecule has 4 N–H and O–H groups in total. The van der Waals surface area contributed by atoms with E-state index in [1.54, 1.807) is 16.7 Å². The van der Waals surface area contributed by atoms with Gasteiger partial charge in [0, 0.05) is 18.5 Å². The summed E-state index contributed by atoms with van der Waals surface area (Å²) >= 11 is 0. The zero-order valence-electron chi connectivity index (χ0n) is 17.2. The molecule has 1 aromatic heterocycles. The van der Waals surface area contributed by atoms with Crippen LogP contribution in [0.5, 0.6) is 5.75 Å². The molecule has 0 atom stereocenters. The Kier molecular flexibility index (Phi) is 8.51. The quantitative estimate of drug-likeness (QED) is 0.654. The van der Waals surface area contributed by atoms with Gasteiger partial charge in [-0.3, -0.25) is 9.59 Å². The molecule has 28 heavy (non-hydrogen) atoms. The van der Waals surface area contributed by atoms with Gasteiger partial charge in [-0.2, -0.15) is 0 Å². The molecule has 0 spiro atoms. The van der Waals surface area contributed by atoms with Gasteiger partial charge < -0.3 is 20.8 Å². The van der Waals surface area contributed by atoms with Crippen molar-refractivity contribution in [3.05, 3.63) is 39.8 Å². The van der Waals surface area contributed by atoms with Crippen molar-refractivity contribution in [1.29, 1.82) is 0 Å². The minimum absolute atomic E-state index is 0. The number of nitrogens with two attached hydrogens (primary N) is 2. The lowest BCUT2D eigenvalue weighted by molar-refractivity contribution is -0.117. The van der Waals surface area contributed by atoms with Crippen LogP contribution in [0.25, 0.3) is 10.8 Å². The Morgan fingerprint density at radius 3 is 2.43 bits per heavy atom. The first kappa shape index (κ1) is 24.0. The van der Waals surface area contributed by atoms with Gasteiger partial charge in [-0.15, -0.1) is 12.4 Å². The van der Waals surface area contributed by atoms with Crippen molar-refractivity contribution >= 4 is 29.1 Å². The molecule has 2 aromatic rings. The first-order chi connectivity index (χ1) is 12.7. The standard InChI is InChI=1S/C21H31N3O3.ClH/c1-5-6-9-27-19-16-10-14(11-18(23)25)7-8-15(16)20(26)24(17(19)12-22)13-21(2,3)4;/h7-8,10H,5-6,9,11-13,22H2,1-4H3,(H2,23,25);1H. The highest BCUT2D eigenvalue weighted by atomic mass is 35.5. The van der Waals surface area contributed by atoms with Crippen LogP contribution in [0, 0.1) is 5.41 Å². The molecular formula is C21H32ClN3O3. The van der Waals surface area contributed by atoms with Gasteiger partial charge in [0.25, 0.3) is 5.56 Å². The number of nitrogens with zero attached hydrogens (tertiary/aromatic N) is 1. The van der Waals surface area contributed by atoms with Crippen LogP contribution in [0.2, 0.25) is 0 Å². The summed E-state index contributed by atoms with van der Waals surface area (Å²) in [4.78, 5) is 24.5. The van der Waals surface area contributed by atoms with Crippen molar-refractivity contribution < 1.29 is 9.53 Å². The predicted octanol–water partition coefficient (Wildman–Crippen LogP) is 3.13. The fourth-order valence-electron chi connectivity index (χ4n) is 3.15. The third-order valence-corrected chi connectivity index (χ3v) is 4.34. The van der Waals surface area contributed by atoms with E-state index in [0.29, 0.717) is 35.4 Å². The molecule has 0 aliphatic carbocycles. The topological polar surface area (TPSA) is 100 Å². The van der Waals surface area contributed by atoms with Gasteiger partial charge in [-0.25, -0.2) is 0 Å². The number of carbonyl (C=O) groups excluding carboxylic acids is 1. The van der Waals surface area contributed by atoms with E-state index in [-0.39, 0.29) is 36.3 Å². The summed E-state index contributed by atoms with van der Waals surface area (Å²) in [6, 6.07) is 5.35. The largest absolute Gasteiger partial charge is 0.491 e. The summed E-state index contributed by atoms with van der Waals surface area (Å²) in [5.41, 5.74) is 12.6. The van der Waals surface area contributed by atoms with E-state index in [2.05, 4.69) is 27.7 Å². The van der Waals surface area contributed by atoms with Crippen molar-refractivity contribution in [2.45, 2.75) is 60.0 Å². The number of aromatic nitrogens is 1. The Bertz CT molecular complexity index is 885. The maximum absolute atomic E-state index is 13.2. The number of ether oxygens (including phenoxy) is 1. The summed E-state index contributed by atoms with van der Waals surface area (Å²) in [6.07, 6.45) is 2.03. The van der Waals surface area contributed by atoms with Crippen LogP contribution in [-0.2, 0) is 24.3 Å². The highest BCUT2D eigenvalue weighted by Crippen LogP contribution is 2.30. The zero-order valence-corrected chi connectivity index (χ0v) is 18.0. The average molecular weight is 410 g/mol. The first-order valence-electron chi connectivity index (χ1n) is 9.47. The number of pyridine rings is 1. The minimum Gasteiger partial charge on any atom is -0.491 e. The van der Waals surface area contributed by atoms with Crippen molar-refractivity contribution in [1.82, 2.24) is 4.57 Å². The van der Waals surface area contributed by atoms with Gasteiger partial charge in [0.05, 0.1) is 24.1 Å². The summed E-state index contributed by atoms with van der Waals surface area (Å²) in [6.45, 7) is 9.62. The molecule has 0 bridgehead atoms. The van der Waals surface area contributed by atoms with Crippen LogP contribution in [0.1, 0.15) is 51.8 Å². The van der Waals surface area contributed by atoms with Gasteiger partial charge in [0.15, 0.2) is 0 Å². The molecule has 2 rings (SSSR count). The lowest BCUT2D eigenvalue weighted by atomic mass is 9.96. The molecule has 0 aliphatic rings. The monoisotopic (exact) mass is 409 g/mol. The molecule has 6 nitrogen and oxygen atoms in total. The number of hydrogen-bond acceptors (Lipinski definition) is 4. The smallest absolute Gasteiger partial charge is 0.258 e. The van der Waals surface area contributed by atoms with Crippen LogP contribution in [0.4, 0.5) is 0 Å². The number of fused-ring (bicyclic) bond motifs is 1. The van der Waals surface area contributed by atoms with Crippen LogP contribution in [-0.4, -0.2) is 17.1 Å². The number of unbranched alkanes of at least 4 members (excludes halogenated alkanes) is 1. The van der Waals surface area contributed by atoms with Crippen LogP contribution >= 0.6 is 12.4 Å². The fourth-order valence-corrected chi connectivity index (χ4v) is 3.15. The van der Waals surface area contributed by atoms with Gasteiger partial charge >= 0.3 is 0 Å². The summed E-state index contributed by atoms with van der Waals surface area (Å²) in [7, 11) is 0. The second kappa shape index (κ2) is 9.94. The third-order valence-electron chi connectivity index (χ3n) is 4.34. The highest BCUT2D eigenvalue weighted by Gasteiger charge is 2.21. The molecule has 1 heterocycles. The molecule has 156 valence electrons. The molecule has 0 aliphatic heterocycles. The Balaban J connectivity index is 0.00000392. The second-order valence-electron chi connectivity index (χ2n) is 8.16. The van der Waals surface area contributed by atoms with Crippen LogP contribution < -0.4 is 21.8 Å². The first-order valence-corrected chi connectivity index (χ1v) is 9.47. The minimum atomic E-state index is -0.414. The predicted molar refractivity (Wildman–Crippen MR) is 116 cm³/mol. The van der Waals surface area contributed by atoms with E-state index >= 15 is 0 Å². The Hall–Kier alpha value is -2.05. The lowest BCUT2D eigenvalue weighted by Crippen LogP contribution is -2.31. The molecule has 0 radical (unpaired) electrons.